The van der Waals surface area contributed by atoms with E-state index in [4.69, 9.17) is 16.6 Å². The fourth-order valence-corrected chi connectivity index (χ4v) is 8.88. The van der Waals surface area contributed by atoms with Crippen molar-refractivity contribution in [2.75, 3.05) is 4.72 Å². The van der Waals surface area contributed by atoms with Crippen LogP contribution in [0.1, 0.15) is 66.8 Å². The molecule has 2 fully saturated rings. The number of nitrogens with zero attached hydrogens (tertiary/aromatic N) is 6. The maximum Gasteiger partial charge on any atom is 0.282 e. The summed E-state index contributed by atoms with van der Waals surface area (Å²) in [5.41, 5.74) is -1.13. The first kappa shape index (κ1) is 39.9. The molecule has 2 aliphatic carbocycles. The minimum Gasteiger partial charge on any atom is -0.344 e. The molecule has 3 heterocycles. The van der Waals surface area contributed by atoms with E-state index in [2.05, 4.69) is 36.2 Å². The molecule has 3 aromatic heterocycles. The van der Waals surface area contributed by atoms with E-state index in [1.807, 2.05) is 0 Å². The smallest absolute Gasteiger partial charge is 0.282 e. The topological polar surface area (TPSA) is 146 Å². The van der Waals surface area contributed by atoms with Crippen molar-refractivity contribution in [1.29, 1.82) is 0 Å². The molecule has 1 amide bonds. The predicted octanol–water partition coefficient (Wildman–Crippen LogP) is 7.71. The van der Waals surface area contributed by atoms with Crippen molar-refractivity contribution in [2.24, 2.45) is 0 Å². The maximum absolute atomic E-state index is 14.8. The number of anilines is 1. The van der Waals surface area contributed by atoms with Gasteiger partial charge in [-0.05, 0) is 79.8 Å². The number of alkyl halides is 4. The zero-order valence-electron chi connectivity index (χ0n) is 29.8. The quantitative estimate of drug-likeness (QED) is 0.107. The van der Waals surface area contributed by atoms with Crippen LogP contribution in [0, 0.1) is 11.6 Å². The van der Waals surface area contributed by atoms with Crippen LogP contribution in [0.5, 0.6) is 0 Å². The van der Waals surface area contributed by atoms with E-state index in [0.717, 1.165) is 26.1 Å². The zero-order valence-corrected chi connectivity index (χ0v) is 32.9. The van der Waals surface area contributed by atoms with Crippen molar-refractivity contribution in [2.45, 2.75) is 75.3 Å². The normalized spacial score (nSPS) is 15.2. The Morgan fingerprint density at radius 3 is 2.33 bits per heavy atom. The van der Waals surface area contributed by atoms with E-state index in [0.29, 0.717) is 41.9 Å². The average molecular weight is 912 g/mol. The van der Waals surface area contributed by atoms with Crippen molar-refractivity contribution in [3.8, 4) is 5.69 Å². The van der Waals surface area contributed by atoms with Crippen LogP contribution in [-0.4, -0.2) is 55.1 Å². The van der Waals surface area contributed by atoms with Gasteiger partial charge in [-0.15, -0.1) is 0 Å². The lowest BCUT2D eigenvalue weighted by atomic mass is 10.0. The second kappa shape index (κ2) is 15.3. The third-order valence-electron chi connectivity index (χ3n) is 9.78. The Bertz CT molecular complexity index is 2770. The molecule has 0 saturated heterocycles. The van der Waals surface area contributed by atoms with Crippen LogP contribution in [0.3, 0.4) is 0 Å². The van der Waals surface area contributed by atoms with E-state index in [1.165, 1.54) is 30.3 Å². The number of nitrogens with one attached hydrogen (secondary N) is 2. The number of benzene rings is 3. The van der Waals surface area contributed by atoms with Gasteiger partial charge in [-0.25, -0.2) is 39.7 Å². The molecule has 21 heteroatoms. The molecule has 0 aliphatic heterocycles. The summed E-state index contributed by atoms with van der Waals surface area (Å²) in [5.74, 6) is -3.41. The number of carbonyl (C=O) groups is 1. The molecule has 58 heavy (non-hydrogen) atoms. The highest BCUT2D eigenvalue weighted by atomic mass is 79.9. The van der Waals surface area contributed by atoms with Crippen LogP contribution in [0.25, 0.3) is 27.5 Å². The van der Waals surface area contributed by atoms with Crippen LogP contribution in [0.4, 0.5) is 32.2 Å². The Morgan fingerprint density at radius 1 is 0.948 bits per heavy atom. The van der Waals surface area contributed by atoms with Gasteiger partial charge in [0.2, 0.25) is 15.9 Å². The first-order valence-electron chi connectivity index (χ1n) is 17.9. The van der Waals surface area contributed by atoms with E-state index >= 15 is 0 Å². The fraction of sp³-hybridized carbons (Fsp3) is 0.324. The second-order valence-corrected chi connectivity index (χ2v) is 17.4. The van der Waals surface area contributed by atoms with Gasteiger partial charge in [-0.1, -0.05) is 27.5 Å². The summed E-state index contributed by atoms with van der Waals surface area (Å²) in [6.07, 6.45) is -4.18. The molecule has 2 N–H and O–H groups in total. The number of hydrogen-bond donors (Lipinski definition) is 2. The van der Waals surface area contributed by atoms with E-state index in [1.54, 1.807) is 6.07 Å². The molecular formula is C37H30BrClF6N8O4S. The highest BCUT2D eigenvalue weighted by Crippen LogP contribution is 2.41. The van der Waals surface area contributed by atoms with Crippen molar-refractivity contribution < 1.29 is 39.6 Å². The number of hydrogen-bond acceptors (Lipinski definition) is 7. The first-order valence-corrected chi connectivity index (χ1v) is 20.6. The minimum atomic E-state index is -4.01. The Labute approximate surface area is 338 Å². The molecule has 304 valence electrons. The van der Waals surface area contributed by atoms with E-state index in [9.17, 15) is 44.3 Å². The standard InChI is InChI=1S/C37H30BrClF6N8O4S/c38-19-3-6-23-25(12-19)47-36(27(11-17-9-20(40)13-21(41)10-17)46-31(54)16-51-29(18-1-2-18)14-26(48-51)34(44)45)53(37(23)55)28-8-7-24(39)32-33(28)52(15-30(42)43)49-35(32)50-58(56,57)22-4-5-22/h3,6-10,12-14,18,22,27,30,34H,1-2,4-5,11,15-16H2,(H,46,54)(H,49,50)/t27-/m0/s1. The molecule has 1 atom stereocenters. The van der Waals surface area contributed by atoms with Crippen LogP contribution >= 0.6 is 27.5 Å². The number of halogens is 8. The van der Waals surface area contributed by atoms with E-state index < -0.39 is 82.5 Å². The predicted molar refractivity (Wildman–Crippen MR) is 205 cm³/mol. The third kappa shape index (κ3) is 8.05. The Morgan fingerprint density at radius 2 is 1.67 bits per heavy atom. The molecule has 2 aliphatic rings. The summed E-state index contributed by atoms with van der Waals surface area (Å²) >= 11 is 9.99. The number of carbonyl (C=O) groups excluding carboxylic acids is 1. The summed E-state index contributed by atoms with van der Waals surface area (Å²) in [6.45, 7) is -1.63. The Kier molecular flexibility index (Phi) is 10.5. The molecular weight excluding hydrogens is 882 g/mol. The summed E-state index contributed by atoms with van der Waals surface area (Å²) in [4.78, 5) is 33.5. The van der Waals surface area contributed by atoms with Gasteiger partial charge in [-0.3, -0.25) is 28.2 Å². The molecule has 0 radical (unpaired) electrons. The lowest BCUT2D eigenvalue weighted by Crippen LogP contribution is -2.37. The number of rotatable bonds is 14. The van der Waals surface area contributed by atoms with Gasteiger partial charge < -0.3 is 5.32 Å². The molecule has 3 aromatic carbocycles. The monoisotopic (exact) mass is 910 g/mol. The lowest BCUT2D eigenvalue weighted by molar-refractivity contribution is -0.122. The molecule has 0 spiro atoms. The number of amides is 1. The van der Waals surface area contributed by atoms with E-state index in [-0.39, 0.29) is 55.6 Å². The number of sulfonamides is 1. The second-order valence-electron chi connectivity index (χ2n) is 14.2. The summed E-state index contributed by atoms with van der Waals surface area (Å²) < 4.78 is 117. The molecule has 2 saturated carbocycles. The largest absolute Gasteiger partial charge is 0.344 e. The SMILES string of the molecule is O=C(Cn1nc(C(F)F)cc1C1CC1)N[C@@H](Cc1cc(F)cc(F)c1)c1nc2cc(Br)ccc2c(=O)n1-c1ccc(Cl)c2c(NS(=O)(=O)C3CC3)nn(CC(F)F)c12. The number of aromatic nitrogens is 6. The Balaban J connectivity index is 1.34. The van der Waals surface area contributed by atoms with Crippen LogP contribution in [-0.2, 0) is 34.3 Å². The van der Waals surface area contributed by atoms with Crippen LogP contribution < -0.4 is 15.6 Å². The van der Waals surface area contributed by atoms with Gasteiger partial charge in [0.1, 0.15) is 36.2 Å². The third-order valence-corrected chi connectivity index (χ3v) is 12.4. The lowest BCUT2D eigenvalue weighted by Gasteiger charge is -2.24. The molecule has 0 bridgehead atoms. The molecule has 6 aromatic rings. The van der Waals surface area contributed by atoms with Crippen LogP contribution in [0.2, 0.25) is 5.02 Å². The summed E-state index contributed by atoms with van der Waals surface area (Å²) in [6, 6.07) is 9.58. The van der Waals surface area contributed by atoms with Gasteiger partial charge in [0.15, 0.2) is 5.82 Å². The van der Waals surface area contributed by atoms with Crippen molar-refractivity contribution in [1.82, 2.24) is 34.4 Å². The van der Waals surface area contributed by atoms with Crippen molar-refractivity contribution in [3.63, 3.8) is 0 Å². The zero-order chi connectivity index (χ0) is 41.2. The van der Waals surface area contributed by atoms with Gasteiger partial charge in [0.05, 0.1) is 43.8 Å². The minimum absolute atomic E-state index is 0.0106. The van der Waals surface area contributed by atoms with Crippen LogP contribution in [0.15, 0.2) is 63.9 Å². The fourth-order valence-electron chi connectivity index (χ4n) is 6.96. The average Bonchev–Trinajstić information content (AvgIpc) is 4.08. The summed E-state index contributed by atoms with van der Waals surface area (Å²) in [7, 11) is -4.01. The van der Waals surface area contributed by atoms with Gasteiger partial charge >= 0.3 is 0 Å². The highest BCUT2D eigenvalue weighted by molar-refractivity contribution is 9.10. The maximum atomic E-state index is 14.8. The van der Waals surface area contributed by atoms with Gasteiger partial charge in [0.25, 0.3) is 18.4 Å². The van der Waals surface area contributed by atoms with Gasteiger partial charge in [0, 0.05) is 28.6 Å². The Hall–Kier alpha value is -4.95. The highest BCUT2D eigenvalue weighted by Gasteiger charge is 2.37. The summed E-state index contributed by atoms with van der Waals surface area (Å²) in [5, 5.41) is 9.94. The first-order chi connectivity index (χ1) is 27.6. The number of fused-ring (bicyclic) bond motifs is 2. The molecule has 0 unspecified atom stereocenters. The van der Waals surface area contributed by atoms with Crippen molar-refractivity contribution >= 4 is 71.1 Å². The van der Waals surface area contributed by atoms with Gasteiger partial charge in [-0.2, -0.15) is 10.2 Å². The van der Waals surface area contributed by atoms with Crippen molar-refractivity contribution in [3.05, 3.63) is 109 Å². The molecule has 8 rings (SSSR count). The molecule has 12 nitrogen and oxygen atoms in total.